The van der Waals surface area contributed by atoms with E-state index in [4.69, 9.17) is 27.3 Å². The molecule has 0 bridgehead atoms. The third kappa shape index (κ3) is 2.96. The van der Waals surface area contributed by atoms with Crippen molar-refractivity contribution in [2.24, 2.45) is 14.1 Å². The molecule has 25 heavy (non-hydrogen) atoms. The number of fused-ring (bicyclic) bond motifs is 1. The average molecular weight is 383 g/mol. The number of aromatic nitrogens is 3. The first-order valence-electron chi connectivity index (χ1n) is 8.57. The van der Waals surface area contributed by atoms with Crippen LogP contribution in [-0.4, -0.2) is 27.0 Å². The Balaban J connectivity index is 2.14. The molecule has 0 saturated heterocycles. The number of carbonyl (C=O) groups is 1. The maximum absolute atomic E-state index is 12.6. The van der Waals surface area contributed by atoms with Gasteiger partial charge in [-0.3, -0.25) is 9.59 Å². The predicted molar refractivity (Wildman–Crippen MR) is 99.1 cm³/mol. The molecule has 0 aliphatic rings. The van der Waals surface area contributed by atoms with Gasteiger partial charge in [0.15, 0.2) is 0 Å². The van der Waals surface area contributed by atoms with Gasteiger partial charge in [0.1, 0.15) is 5.15 Å². The van der Waals surface area contributed by atoms with Gasteiger partial charge in [-0.2, -0.15) is 0 Å². The van der Waals surface area contributed by atoms with E-state index in [0.717, 1.165) is 6.20 Å². The van der Waals surface area contributed by atoms with Crippen molar-refractivity contribution in [1.82, 2.24) is 19.4 Å². The lowest BCUT2D eigenvalue weighted by atomic mass is 10.2. The lowest BCUT2D eigenvalue weighted by molar-refractivity contribution is 0.0963. The minimum atomic E-state index is -2.67. The number of hydrogen-bond acceptors (Lipinski definition) is 4. The molecule has 9 heteroatoms. The molecule has 3 aromatic heterocycles. The average Bonchev–Trinajstić information content (AvgIpc) is 2.88. The van der Waals surface area contributed by atoms with Crippen LogP contribution in [0.25, 0.3) is 10.9 Å². The normalized spacial score (nSPS) is 13.2. The van der Waals surface area contributed by atoms with Gasteiger partial charge in [0, 0.05) is 43.8 Å². The van der Waals surface area contributed by atoms with Crippen LogP contribution in [0.15, 0.2) is 29.5 Å². The fourth-order valence-electron chi connectivity index (χ4n) is 2.62. The van der Waals surface area contributed by atoms with Gasteiger partial charge in [0.05, 0.1) is 32.9 Å². The maximum atomic E-state index is 12.6. The summed E-state index contributed by atoms with van der Waals surface area (Å²) in [6.45, 7) is -2.67. The van der Waals surface area contributed by atoms with E-state index in [9.17, 15) is 9.59 Å². The van der Waals surface area contributed by atoms with Crippen molar-refractivity contribution >= 4 is 51.4 Å². The summed E-state index contributed by atoms with van der Waals surface area (Å²) in [5.74, 6) is -0.863. The van der Waals surface area contributed by atoms with Gasteiger partial charge in [-0.05, 0) is 6.07 Å². The summed E-state index contributed by atoms with van der Waals surface area (Å²) in [6.07, 6.45) is 4.30. The quantitative estimate of drug-likeness (QED) is 0.682. The Hall–Kier alpha value is -2.51. The van der Waals surface area contributed by atoms with E-state index in [0.29, 0.717) is 21.6 Å². The fraction of sp³-hybridized carbons (Fsp3) is 0.188. The summed E-state index contributed by atoms with van der Waals surface area (Å²) in [7, 11) is 3.30. The van der Waals surface area contributed by atoms with Crippen molar-refractivity contribution in [3.05, 3.63) is 50.7 Å². The van der Waals surface area contributed by atoms with Gasteiger partial charge >= 0.3 is 0 Å². The molecule has 7 nitrogen and oxygen atoms in total. The highest BCUT2D eigenvalue weighted by Crippen LogP contribution is 2.31. The van der Waals surface area contributed by atoms with Crippen LogP contribution in [0, 0.1) is 0 Å². The van der Waals surface area contributed by atoms with Crippen molar-refractivity contribution in [3.63, 3.8) is 0 Å². The summed E-state index contributed by atoms with van der Waals surface area (Å²) in [5.41, 5.74) is 0.746. The molecule has 0 aliphatic carbocycles. The van der Waals surface area contributed by atoms with Crippen LogP contribution in [0.3, 0.4) is 0 Å². The molecule has 0 aromatic carbocycles. The highest BCUT2D eigenvalue weighted by Gasteiger charge is 2.18. The first kappa shape index (κ1) is 13.7. The zero-order chi connectivity index (χ0) is 20.8. The summed E-state index contributed by atoms with van der Waals surface area (Å²) in [5, 5.41) is 5.65. The van der Waals surface area contributed by atoms with Crippen LogP contribution in [0.1, 0.15) is 14.5 Å². The van der Waals surface area contributed by atoms with Crippen molar-refractivity contribution < 1.29 is 8.91 Å². The highest BCUT2D eigenvalue weighted by atomic mass is 35.5. The van der Waals surface area contributed by atoms with E-state index in [1.165, 1.54) is 16.8 Å². The smallest absolute Gasteiger partial charge is 0.261 e. The van der Waals surface area contributed by atoms with Crippen LogP contribution < -0.4 is 16.2 Å². The Labute approximate surface area is 157 Å². The number of anilines is 2. The molecule has 3 rings (SSSR count). The molecule has 3 aromatic rings. The molecule has 0 aliphatic heterocycles. The number of halogens is 2. The Kier molecular flexibility index (Phi) is 3.53. The zero-order valence-corrected chi connectivity index (χ0v) is 14.7. The minimum absolute atomic E-state index is 0.0450. The number of hydrogen-bond donors (Lipinski definition) is 2. The van der Waals surface area contributed by atoms with Crippen LogP contribution >= 0.6 is 23.2 Å². The molecule has 1 amide bonds. The number of carbonyl (C=O) groups excluding carboxylic acids is 1. The van der Waals surface area contributed by atoms with E-state index in [-0.39, 0.29) is 22.0 Å². The number of nitrogens with one attached hydrogen (secondary N) is 2. The standard InChI is InChI=1S/C16H15Cl2N5O2/c1-19-15(24)8-5-20-12(18)4-10(8)21-11-7-22(2)14-9(17)6-23(3)16(25)13(11)14/h4-7H,1-3H3,(H,19,24)(H,20,21)/i1D3. The van der Waals surface area contributed by atoms with Gasteiger partial charge in [0.25, 0.3) is 11.5 Å². The van der Waals surface area contributed by atoms with Gasteiger partial charge in [-0.15, -0.1) is 0 Å². The Morgan fingerprint density at radius 3 is 2.72 bits per heavy atom. The summed E-state index contributed by atoms with van der Waals surface area (Å²) in [6, 6.07) is 1.36. The summed E-state index contributed by atoms with van der Waals surface area (Å²) in [4.78, 5) is 28.8. The largest absolute Gasteiger partial charge is 0.355 e. The minimum Gasteiger partial charge on any atom is -0.355 e. The van der Waals surface area contributed by atoms with Crippen LogP contribution in [0.4, 0.5) is 11.4 Å². The van der Waals surface area contributed by atoms with E-state index < -0.39 is 12.9 Å². The van der Waals surface area contributed by atoms with Crippen molar-refractivity contribution in [3.8, 4) is 0 Å². The SMILES string of the molecule is [2H]C([2H])([2H])NC(=O)c1cnc(Cl)cc1Nc1cn(C)c2c(Cl)cn(C)c(=O)c12. The third-order valence-electron chi connectivity index (χ3n) is 3.75. The number of aryl methyl sites for hydroxylation is 2. The second kappa shape index (κ2) is 6.42. The van der Waals surface area contributed by atoms with Crippen molar-refractivity contribution in [2.75, 3.05) is 12.3 Å². The van der Waals surface area contributed by atoms with Gasteiger partial charge in [0.2, 0.25) is 0 Å². The molecular weight excluding hydrogens is 365 g/mol. The summed E-state index contributed by atoms with van der Waals surface area (Å²) >= 11 is 12.2. The molecule has 130 valence electrons. The number of nitrogens with zero attached hydrogens (tertiary/aromatic N) is 3. The Morgan fingerprint density at radius 2 is 2.00 bits per heavy atom. The molecular formula is C16H15Cl2N5O2. The maximum Gasteiger partial charge on any atom is 0.261 e. The molecule has 0 spiro atoms. The monoisotopic (exact) mass is 382 g/mol. The van der Waals surface area contributed by atoms with Crippen LogP contribution in [-0.2, 0) is 14.1 Å². The van der Waals surface area contributed by atoms with Crippen LogP contribution in [0.5, 0.6) is 0 Å². The molecule has 0 radical (unpaired) electrons. The molecule has 0 fully saturated rings. The Bertz CT molecular complexity index is 1150. The zero-order valence-electron chi connectivity index (χ0n) is 16.2. The predicted octanol–water partition coefficient (Wildman–Crippen LogP) is 2.68. The van der Waals surface area contributed by atoms with Gasteiger partial charge < -0.3 is 19.8 Å². The van der Waals surface area contributed by atoms with Crippen LogP contribution in [0.2, 0.25) is 10.2 Å². The lowest BCUT2D eigenvalue weighted by Crippen LogP contribution is -2.20. The van der Waals surface area contributed by atoms with E-state index in [1.54, 1.807) is 24.9 Å². The van der Waals surface area contributed by atoms with Gasteiger partial charge in [-0.1, -0.05) is 23.2 Å². The molecule has 0 unspecified atom stereocenters. The first-order chi connectivity index (χ1) is 13.0. The summed E-state index contributed by atoms with van der Waals surface area (Å²) < 4.78 is 24.6. The third-order valence-corrected chi connectivity index (χ3v) is 4.23. The number of pyridine rings is 2. The fourth-order valence-corrected chi connectivity index (χ4v) is 3.15. The van der Waals surface area contributed by atoms with Crippen molar-refractivity contribution in [2.45, 2.75) is 0 Å². The molecule has 0 atom stereocenters. The van der Waals surface area contributed by atoms with E-state index in [2.05, 4.69) is 10.3 Å². The second-order valence-electron chi connectivity index (χ2n) is 5.40. The second-order valence-corrected chi connectivity index (χ2v) is 6.20. The van der Waals surface area contributed by atoms with Crippen molar-refractivity contribution in [1.29, 1.82) is 0 Å². The lowest BCUT2D eigenvalue weighted by Gasteiger charge is -2.10. The first-order valence-corrected chi connectivity index (χ1v) is 7.83. The highest BCUT2D eigenvalue weighted by molar-refractivity contribution is 6.35. The number of amides is 1. The number of rotatable bonds is 3. The van der Waals surface area contributed by atoms with Gasteiger partial charge in [-0.25, -0.2) is 4.98 Å². The van der Waals surface area contributed by atoms with E-state index in [1.807, 2.05) is 5.32 Å². The molecule has 3 heterocycles. The molecule has 2 N–H and O–H groups in total. The Morgan fingerprint density at radius 1 is 1.24 bits per heavy atom. The molecule has 0 saturated carbocycles. The van der Waals surface area contributed by atoms with E-state index >= 15 is 0 Å². The topological polar surface area (TPSA) is 81.0 Å².